The molecule has 1 aliphatic rings. The molecule has 4 heteroatoms. The minimum atomic E-state index is 0.853. The third-order valence-corrected chi connectivity index (χ3v) is 7.34. The summed E-state index contributed by atoms with van der Waals surface area (Å²) in [5.74, 6) is 0. The molecule has 188 valence electrons. The lowest BCUT2D eigenvalue weighted by molar-refractivity contribution is 1.29. The summed E-state index contributed by atoms with van der Waals surface area (Å²) >= 11 is 0. The van der Waals surface area contributed by atoms with Crippen molar-refractivity contribution in [3.8, 4) is 0 Å². The zero-order chi connectivity index (χ0) is 26.6. The molecule has 5 aromatic rings. The molecule has 0 fully saturated rings. The summed E-state index contributed by atoms with van der Waals surface area (Å²) in [6, 6.07) is 25.5. The number of anilines is 2. The Kier molecular flexibility index (Phi) is 5.76. The maximum Gasteiger partial charge on any atom is 0.116 e. The summed E-state index contributed by atoms with van der Waals surface area (Å²) in [6.07, 6.45) is 0. The molecule has 1 aliphatic heterocycles. The Balaban J connectivity index is 1.59. The Hall–Kier alpha value is -4.44. The summed E-state index contributed by atoms with van der Waals surface area (Å²) < 4.78 is 0. The van der Waals surface area contributed by atoms with Crippen LogP contribution < -0.4 is 5.32 Å². The Bertz CT molecular complexity index is 1750. The number of aryl methyl sites for hydroxylation is 6. The van der Waals surface area contributed by atoms with Gasteiger partial charge in [-0.2, -0.15) is 0 Å². The number of nitrogens with zero attached hydrogens (tertiary/aromatic N) is 2. The van der Waals surface area contributed by atoms with E-state index in [1.807, 2.05) is 6.07 Å². The minimum absolute atomic E-state index is 0.853. The molecule has 0 amide bonds. The zero-order valence-electron chi connectivity index (χ0n) is 22.8. The number of rotatable bonds is 4. The van der Waals surface area contributed by atoms with Gasteiger partial charge in [0, 0.05) is 22.2 Å². The smallest absolute Gasteiger partial charge is 0.116 e. The first-order valence-corrected chi connectivity index (χ1v) is 13.1. The lowest BCUT2D eigenvalue weighted by Crippen LogP contribution is -2.15. The van der Waals surface area contributed by atoms with Gasteiger partial charge in [0.25, 0.3) is 0 Å². The van der Waals surface area contributed by atoms with Crippen LogP contribution in [-0.4, -0.2) is 16.4 Å². The number of aromatic amines is 1. The van der Waals surface area contributed by atoms with Crippen molar-refractivity contribution in [2.24, 2.45) is 9.98 Å². The average molecular weight is 497 g/mol. The number of para-hydroxylation sites is 2. The van der Waals surface area contributed by atoms with Crippen molar-refractivity contribution in [3.63, 3.8) is 0 Å². The van der Waals surface area contributed by atoms with Crippen LogP contribution in [0.5, 0.6) is 0 Å². The SMILES string of the molecule is Cc1cc(C)c(N=C2C(c3[nH]c4ccccc4c3Nc3c(C)cc(C)cc3C)=Nc3ccccc32)c(C)c1. The molecule has 0 spiro atoms. The summed E-state index contributed by atoms with van der Waals surface area (Å²) in [5, 5.41) is 4.94. The average Bonchev–Trinajstić information content (AvgIpc) is 3.41. The molecule has 0 saturated heterocycles. The molecule has 0 aliphatic carbocycles. The Morgan fingerprint density at radius 1 is 0.684 bits per heavy atom. The van der Waals surface area contributed by atoms with Gasteiger partial charge in [-0.05, 0) is 75.9 Å². The number of aliphatic imine (C=N–C) groups is 2. The summed E-state index contributed by atoms with van der Waals surface area (Å²) in [4.78, 5) is 14.1. The van der Waals surface area contributed by atoms with Crippen LogP contribution in [0.4, 0.5) is 22.7 Å². The lowest BCUT2D eigenvalue weighted by atomic mass is 10.0. The second-order valence-corrected chi connectivity index (χ2v) is 10.5. The van der Waals surface area contributed by atoms with Crippen LogP contribution in [0.2, 0.25) is 0 Å². The van der Waals surface area contributed by atoms with Gasteiger partial charge in [0.1, 0.15) is 11.4 Å². The van der Waals surface area contributed by atoms with Gasteiger partial charge in [-0.25, -0.2) is 9.98 Å². The van der Waals surface area contributed by atoms with E-state index >= 15 is 0 Å². The van der Waals surface area contributed by atoms with Gasteiger partial charge in [0.2, 0.25) is 0 Å². The summed E-state index contributed by atoms with van der Waals surface area (Å²) in [7, 11) is 0. The van der Waals surface area contributed by atoms with E-state index in [1.165, 1.54) is 33.4 Å². The molecule has 0 atom stereocenters. The molecule has 38 heavy (non-hydrogen) atoms. The molecular weight excluding hydrogens is 464 g/mol. The van der Waals surface area contributed by atoms with Gasteiger partial charge in [0.05, 0.1) is 22.8 Å². The molecule has 0 radical (unpaired) electrons. The number of hydrogen-bond donors (Lipinski definition) is 2. The third kappa shape index (κ3) is 4.03. The van der Waals surface area contributed by atoms with Gasteiger partial charge in [-0.3, -0.25) is 0 Å². The summed E-state index contributed by atoms with van der Waals surface area (Å²) in [5.41, 5.74) is 16.2. The largest absolute Gasteiger partial charge is 0.353 e. The zero-order valence-corrected chi connectivity index (χ0v) is 22.8. The van der Waals surface area contributed by atoms with Crippen LogP contribution in [0.3, 0.4) is 0 Å². The molecule has 0 saturated carbocycles. The van der Waals surface area contributed by atoms with Crippen LogP contribution >= 0.6 is 0 Å². The second kappa shape index (κ2) is 9.14. The Morgan fingerprint density at radius 2 is 1.29 bits per heavy atom. The van der Waals surface area contributed by atoms with E-state index in [9.17, 15) is 0 Å². The molecule has 2 N–H and O–H groups in total. The molecule has 2 heterocycles. The maximum atomic E-state index is 5.30. The molecule has 0 unspecified atom stereocenters. The van der Waals surface area contributed by atoms with Crippen LogP contribution in [0, 0.1) is 41.5 Å². The number of benzene rings is 4. The minimum Gasteiger partial charge on any atom is -0.353 e. The van der Waals surface area contributed by atoms with Crippen molar-refractivity contribution < 1.29 is 0 Å². The number of fused-ring (bicyclic) bond motifs is 2. The highest BCUT2D eigenvalue weighted by molar-refractivity contribution is 6.58. The molecule has 1 aromatic heterocycles. The Morgan fingerprint density at radius 3 is 2.00 bits per heavy atom. The van der Waals surface area contributed by atoms with Crippen LogP contribution in [0.25, 0.3) is 10.9 Å². The number of H-pyrrole nitrogens is 1. The van der Waals surface area contributed by atoms with E-state index in [0.717, 1.165) is 56.3 Å². The fraction of sp³-hybridized carbons (Fsp3) is 0.176. The van der Waals surface area contributed by atoms with Crippen LogP contribution in [0.1, 0.15) is 44.6 Å². The topological polar surface area (TPSA) is 52.5 Å². The van der Waals surface area contributed by atoms with E-state index in [2.05, 4.69) is 119 Å². The Labute approximate surface area is 224 Å². The molecule has 0 bridgehead atoms. The van der Waals surface area contributed by atoms with E-state index in [4.69, 9.17) is 9.98 Å². The number of nitrogens with one attached hydrogen (secondary N) is 2. The first-order valence-electron chi connectivity index (χ1n) is 13.1. The van der Waals surface area contributed by atoms with Gasteiger partial charge in [-0.1, -0.05) is 71.8 Å². The first-order chi connectivity index (χ1) is 18.3. The third-order valence-electron chi connectivity index (χ3n) is 7.34. The van der Waals surface area contributed by atoms with Gasteiger partial charge in [0.15, 0.2) is 0 Å². The van der Waals surface area contributed by atoms with Crippen molar-refractivity contribution >= 4 is 45.1 Å². The molecule has 4 nitrogen and oxygen atoms in total. The normalized spacial score (nSPS) is 13.7. The molecule has 6 rings (SSSR count). The highest BCUT2D eigenvalue weighted by atomic mass is 15.0. The van der Waals surface area contributed by atoms with E-state index < -0.39 is 0 Å². The fourth-order valence-corrected chi connectivity index (χ4v) is 5.77. The van der Waals surface area contributed by atoms with Crippen molar-refractivity contribution in [2.75, 3.05) is 5.32 Å². The van der Waals surface area contributed by atoms with Crippen molar-refractivity contribution in [3.05, 3.63) is 117 Å². The number of hydrogen-bond acceptors (Lipinski definition) is 3. The summed E-state index contributed by atoms with van der Waals surface area (Å²) in [6.45, 7) is 12.9. The highest BCUT2D eigenvalue weighted by Gasteiger charge is 2.28. The fourth-order valence-electron chi connectivity index (χ4n) is 5.77. The van der Waals surface area contributed by atoms with E-state index in [1.54, 1.807) is 0 Å². The maximum absolute atomic E-state index is 5.30. The number of aromatic nitrogens is 1. The standard InChI is InChI=1S/C34H32N4/c1-19-15-21(3)29(22(4)16-19)37-31-25-11-7-9-13-27(25)35-33(31)34-32(26-12-8-10-14-28(26)36-34)38-30-23(5)17-20(2)18-24(30)6/h7-18,35,37H,1-6H3. The van der Waals surface area contributed by atoms with Gasteiger partial charge >= 0.3 is 0 Å². The lowest BCUT2D eigenvalue weighted by Gasteiger charge is -2.16. The highest BCUT2D eigenvalue weighted by Crippen LogP contribution is 2.39. The molecular formula is C34H32N4. The predicted molar refractivity (Wildman–Crippen MR) is 162 cm³/mol. The van der Waals surface area contributed by atoms with Gasteiger partial charge in [-0.15, -0.1) is 0 Å². The van der Waals surface area contributed by atoms with E-state index in [0.29, 0.717) is 0 Å². The first kappa shape index (κ1) is 23.9. The monoisotopic (exact) mass is 496 g/mol. The van der Waals surface area contributed by atoms with Crippen LogP contribution in [-0.2, 0) is 0 Å². The predicted octanol–water partition coefficient (Wildman–Crippen LogP) is 9.02. The second-order valence-electron chi connectivity index (χ2n) is 10.5. The van der Waals surface area contributed by atoms with Gasteiger partial charge < -0.3 is 10.3 Å². The van der Waals surface area contributed by atoms with Crippen molar-refractivity contribution in [1.29, 1.82) is 0 Å². The molecule has 4 aromatic carbocycles. The van der Waals surface area contributed by atoms with Crippen LogP contribution in [0.15, 0.2) is 82.8 Å². The van der Waals surface area contributed by atoms with E-state index in [-0.39, 0.29) is 0 Å². The van der Waals surface area contributed by atoms with Crippen molar-refractivity contribution in [2.45, 2.75) is 41.5 Å². The quantitative estimate of drug-likeness (QED) is 0.256. The van der Waals surface area contributed by atoms with Crippen molar-refractivity contribution in [1.82, 2.24) is 4.98 Å².